The lowest BCUT2D eigenvalue weighted by Crippen LogP contribution is -2.30. The average Bonchev–Trinajstić information content (AvgIpc) is 2.94. The number of halogens is 1. The SMILES string of the molecule is Cc1cccc(N2C(=O)c3ccc(C(=O)Nc4cccc(I)c4)cc3C2=O)c1C. The third-order valence-corrected chi connectivity index (χ3v) is 5.72. The number of aryl methyl sites for hydroxylation is 1. The zero-order valence-corrected chi connectivity index (χ0v) is 18.0. The molecule has 3 aromatic carbocycles. The number of carbonyl (C=O) groups excluding carboxylic acids is 3. The van der Waals surface area contributed by atoms with Gasteiger partial charge in [-0.15, -0.1) is 0 Å². The quantitative estimate of drug-likeness (QED) is 0.412. The lowest BCUT2D eigenvalue weighted by Gasteiger charge is -2.17. The number of amides is 3. The van der Waals surface area contributed by atoms with Gasteiger partial charge in [0.05, 0.1) is 16.8 Å². The minimum atomic E-state index is -0.414. The monoisotopic (exact) mass is 496 g/mol. The largest absolute Gasteiger partial charge is 0.322 e. The molecule has 0 saturated carbocycles. The molecule has 0 atom stereocenters. The summed E-state index contributed by atoms with van der Waals surface area (Å²) in [6.45, 7) is 3.82. The Morgan fingerprint density at radius 1 is 0.897 bits per heavy atom. The van der Waals surface area contributed by atoms with Gasteiger partial charge < -0.3 is 5.32 Å². The lowest BCUT2D eigenvalue weighted by molar-refractivity contribution is 0.0925. The highest BCUT2D eigenvalue weighted by Crippen LogP contribution is 2.32. The van der Waals surface area contributed by atoms with Gasteiger partial charge in [0.1, 0.15) is 0 Å². The molecule has 3 aromatic rings. The van der Waals surface area contributed by atoms with Crippen molar-refractivity contribution in [2.45, 2.75) is 13.8 Å². The van der Waals surface area contributed by atoms with Crippen LogP contribution in [0.15, 0.2) is 60.7 Å². The molecule has 3 amide bonds. The van der Waals surface area contributed by atoms with E-state index in [4.69, 9.17) is 0 Å². The van der Waals surface area contributed by atoms with E-state index in [1.165, 1.54) is 11.0 Å². The van der Waals surface area contributed by atoms with E-state index in [-0.39, 0.29) is 17.4 Å². The molecule has 0 aromatic heterocycles. The summed E-state index contributed by atoms with van der Waals surface area (Å²) in [7, 11) is 0. The first-order chi connectivity index (χ1) is 13.9. The maximum absolute atomic E-state index is 13.0. The van der Waals surface area contributed by atoms with Crippen molar-refractivity contribution >= 4 is 51.7 Å². The van der Waals surface area contributed by atoms with Crippen LogP contribution in [0.25, 0.3) is 0 Å². The van der Waals surface area contributed by atoms with Gasteiger partial charge in [-0.25, -0.2) is 4.90 Å². The Bertz CT molecular complexity index is 1190. The second kappa shape index (κ2) is 7.44. The van der Waals surface area contributed by atoms with Gasteiger partial charge in [0.2, 0.25) is 0 Å². The molecule has 29 heavy (non-hydrogen) atoms. The Morgan fingerprint density at radius 2 is 1.62 bits per heavy atom. The number of fused-ring (bicyclic) bond motifs is 1. The van der Waals surface area contributed by atoms with Crippen molar-refractivity contribution in [3.05, 3.63) is 92.1 Å². The summed E-state index contributed by atoms with van der Waals surface area (Å²) in [6.07, 6.45) is 0. The van der Waals surface area contributed by atoms with Gasteiger partial charge in [0, 0.05) is 14.8 Å². The summed E-state index contributed by atoms with van der Waals surface area (Å²) >= 11 is 2.17. The molecule has 5 nitrogen and oxygen atoms in total. The Hall–Kier alpha value is -3.00. The molecule has 1 N–H and O–H groups in total. The minimum absolute atomic E-state index is 0.242. The molecule has 1 aliphatic rings. The van der Waals surface area contributed by atoms with Gasteiger partial charge >= 0.3 is 0 Å². The number of nitrogens with one attached hydrogen (secondary N) is 1. The zero-order valence-electron chi connectivity index (χ0n) is 15.8. The van der Waals surface area contributed by atoms with E-state index < -0.39 is 5.91 Å². The fourth-order valence-electron chi connectivity index (χ4n) is 3.35. The van der Waals surface area contributed by atoms with Crippen LogP contribution in [0.2, 0.25) is 0 Å². The molecular weight excluding hydrogens is 479 g/mol. The standard InChI is InChI=1S/C23H17IN2O3/c1-13-5-3-8-20(14(13)2)26-22(28)18-10-9-15(11-19(18)23(26)29)21(27)25-17-7-4-6-16(24)12-17/h3-12H,1-2H3,(H,25,27). The second-order valence-corrected chi connectivity index (χ2v) is 8.14. The number of hydrogen-bond acceptors (Lipinski definition) is 3. The summed E-state index contributed by atoms with van der Waals surface area (Å²) < 4.78 is 0.999. The van der Waals surface area contributed by atoms with E-state index in [2.05, 4.69) is 27.9 Å². The third-order valence-electron chi connectivity index (χ3n) is 5.05. The first kappa shape index (κ1) is 19.3. The van der Waals surface area contributed by atoms with E-state index in [0.717, 1.165) is 14.7 Å². The summed E-state index contributed by atoms with van der Waals surface area (Å²) in [5.41, 5.74) is 3.98. The Kier molecular flexibility index (Phi) is 4.96. The molecular formula is C23H17IN2O3. The highest BCUT2D eigenvalue weighted by molar-refractivity contribution is 14.1. The Balaban J connectivity index is 1.67. The lowest BCUT2D eigenvalue weighted by atomic mass is 10.1. The zero-order chi connectivity index (χ0) is 20.7. The molecule has 144 valence electrons. The predicted octanol–water partition coefficient (Wildman–Crippen LogP) is 4.96. The van der Waals surface area contributed by atoms with Gasteiger partial charge in [-0.2, -0.15) is 0 Å². The number of rotatable bonds is 3. The number of benzene rings is 3. The molecule has 1 heterocycles. The molecule has 0 unspecified atom stereocenters. The van der Waals surface area contributed by atoms with Crippen LogP contribution >= 0.6 is 22.6 Å². The Labute approximate surface area is 181 Å². The van der Waals surface area contributed by atoms with Gasteiger partial charge in [0.15, 0.2) is 0 Å². The topological polar surface area (TPSA) is 66.5 Å². The van der Waals surface area contributed by atoms with Crippen molar-refractivity contribution in [2.75, 3.05) is 10.2 Å². The molecule has 4 rings (SSSR count). The van der Waals surface area contributed by atoms with Crippen molar-refractivity contribution in [3.63, 3.8) is 0 Å². The molecule has 0 aliphatic carbocycles. The summed E-state index contributed by atoms with van der Waals surface area (Å²) in [4.78, 5) is 39.7. The smallest absolute Gasteiger partial charge is 0.266 e. The van der Waals surface area contributed by atoms with E-state index in [1.54, 1.807) is 24.3 Å². The highest BCUT2D eigenvalue weighted by Gasteiger charge is 2.37. The van der Waals surface area contributed by atoms with Crippen molar-refractivity contribution in [3.8, 4) is 0 Å². The molecule has 0 bridgehead atoms. The van der Waals surface area contributed by atoms with Crippen LogP contribution in [0.4, 0.5) is 11.4 Å². The number of nitrogens with zero attached hydrogens (tertiary/aromatic N) is 1. The van der Waals surface area contributed by atoms with Crippen LogP contribution in [-0.4, -0.2) is 17.7 Å². The fraction of sp³-hybridized carbons (Fsp3) is 0.0870. The first-order valence-electron chi connectivity index (χ1n) is 9.03. The number of hydrogen-bond donors (Lipinski definition) is 1. The highest BCUT2D eigenvalue weighted by atomic mass is 127. The number of carbonyl (C=O) groups is 3. The van der Waals surface area contributed by atoms with Gasteiger partial charge in [-0.05, 0) is 90.0 Å². The first-order valence-corrected chi connectivity index (χ1v) is 10.1. The van der Waals surface area contributed by atoms with Crippen molar-refractivity contribution in [1.82, 2.24) is 0 Å². The van der Waals surface area contributed by atoms with Crippen LogP contribution in [0.3, 0.4) is 0 Å². The van der Waals surface area contributed by atoms with E-state index in [1.807, 2.05) is 44.2 Å². The molecule has 0 fully saturated rings. The van der Waals surface area contributed by atoms with Crippen molar-refractivity contribution in [1.29, 1.82) is 0 Å². The summed E-state index contributed by atoms with van der Waals surface area (Å²) in [5, 5.41) is 2.82. The normalized spacial score (nSPS) is 12.9. The van der Waals surface area contributed by atoms with Crippen molar-refractivity contribution < 1.29 is 14.4 Å². The van der Waals surface area contributed by atoms with E-state index >= 15 is 0 Å². The molecule has 1 aliphatic heterocycles. The van der Waals surface area contributed by atoms with Gasteiger partial charge in [0.25, 0.3) is 17.7 Å². The van der Waals surface area contributed by atoms with Gasteiger partial charge in [-0.1, -0.05) is 18.2 Å². The fourth-order valence-corrected chi connectivity index (χ4v) is 3.89. The van der Waals surface area contributed by atoms with Crippen LogP contribution in [0.5, 0.6) is 0 Å². The minimum Gasteiger partial charge on any atom is -0.322 e. The predicted molar refractivity (Wildman–Crippen MR) is 121 cm³/mol. The average molecular weight is 496 g/mol. The van der Waals surface area contributed by atoms with E-state index in [0.29, 0.717) is 22.5 Å². The van der Waals surface area contributed by atoms with Crippen molar-refractivity contribution in [2.24, 2.45) is 0 Å². The van der Waals surface area contributed by atoms with Crippen LogP contribution in [-0.2, 0) is 0 Å². The molecule has 0 radical (unpaired) electrons. The second-order valence-electron chi connectivity index (χ2n) is 6.89. The van der Waals surface area contributed by atoms with Gasteiger partial charge in [-0.3, -0.25) is 14.4 Å². The molecule has 0 spiro atoms. The maximum atomic E-state index is 13.0. The van der Waals surface area contributed by atoms with Crippen LogP contribution in [0, 0.1) is 17.4 Å². The van der Waals surface area contributed by atoms with Crippen LogP contribution < -0.4 is 10.2 Å². The summed E-state index contributed by atoms with van der Waals surface area (Å²) in [5.74, 6) is -1.12. The number of imide groups is 1. The number of anilines is 2. The van der Waals surface area contributed by atoms with Crippen LogP contribution in [0.1, 0.15) is 42.2 Å². The molecule has 0 saturated heterocycles. The third kappa shape index (κ3) is 3.44. The summed E-state index contributed by atoms with van der Waals surface area (Å²) in [6, 6.07) is 17.5. The molecule has 6 heteroatoms. The maximum Gasteiger partial charge on any atom is 0.266 e. The van der Waals surface area contributed by atoms with E-state index in [9.17, 15) is 14.4 Å². The Morgan fingerprint density at radius 3 is 2.38 bits per heavy atom.